The van der Waals surface area contributed by atoms with Crippen molar-refractivity contribution in [2.75, 3.05) is 0 Å². The Balaban J connectivity index is 2.37. The number of hydrogen-bond donors (Lipinski definition) is 1. The number of nitrogens with zero attached hydrogens (tertiary/aromatic N) is 1. The molecule has 1 aromatic heterocycles. The van der Waals surface area contributed by atoms with Gasteiger partial charge in [0.05, 0.1) is 5.69 Å². The second-order valence-corrected chi connectivity index (χ2v) is 4.68. The molecule has 2 N–H and O–H groups in total. The summed E-state index contributed by atoms with van der Waals surface area (Å²) in [7, 11) is 0. The fraction of sp³-hybridized carbons (Fsp3) is 0. The normalized spacial score (nSPS) is 10.2. The first-order valence-corrected chi connectivity index (χ1v) is 5.85. The zero-order valence-electron chi connectivity index (χ0n) is 7.61. The molecule has 2 aromatic rings. The Hall–Kier alpha value is -1.20. The van der Waals surface area contributed by atoms with Gasteiger partial charge in [0.15, 0.2) is 5.01 Å². The van der Waals surface area contributed by atoms with E-state index in [2.05, 4.69) is 20.9 Å². The SMILES string of the molecule is NC(=O)c1nc(-c2ccc(Br)cc2)cs1. The third-order valence-electron chi connectivity index (χ3n) is 1.85. The topological polar surface area (TPSA) is 56.0 Å². The van der Waals surface area contributed by atoms with Crippen LogP contribution in [0.2, 0.25) is 0 Å². The van der Waals surface area contributed by atoms with Gasteiger partial charge in [0.2, 0.25) is 0 Å². The minimum absolute atomic E-state index is 0.341. The molecule has 76 valence electrons. The van der Waals surface area contributed by atoms with Gasteiger partial charge in [-0.2, -0.15) is 0 Å². The lowest BCUT2D eigenvalue weighted by atomic mass is 10.2. The maximum Gasteiger partial charge on any atom is 0.277 e. The van der Waals surface area contributed by atoms with E-state index in [-0.39, 0.29) is 0 Å². The van der Waals surface area contributed by atoms with Gasteiger partial charge in [0.25, 0.3) is 5.91 Å². The minimum Gasteiger partial charge on any atom is -0.364 e. The number of halogens is 1. The van der Waals surface area contributed by atoms with Crippen LogP contribution in [0.4, 0.5) is 0 Å². The highest BCUT2D eigenvalue weighted by Crippen LogP contribution is 2.23. The standard InChI is InChI=1S/C10H7BrN2OS/c11-7-3-1-6(2-4-7)8-5-15-10(13-8)9(12)14/h1-5H,(H2,12,14). The summed E-state index contributed by atoms with van der Waals surface area (Å²) in [6.45, 7) is 0. The van der Waals surface area contributed by atoms with E-state index in [0.29, 0.717) is 5.01 Å². The molecule has 0 spiro atoms. The molecule has 0 atom stereocenters. The summed E-state index contributed by atoms with van der Waals surface area (Å²) < 4.78 is 1.01. The van der Waals surface area contributed by atoms with Crippen molar-refractivity contribution < 1.29 is 4.79 Å². The first-order valence-electron chi connectivity index (χ1n) is 4.18. The third-order valence-corrected chi connectivity index (χ3v) is 3.24. The molecular formula is C10H7BrN2OS. The number of nitrogens with two attached hydrogens (primary N) is 1. The summed E-state index contributed by atoms with van der Waals surface area (Å²) in [5.41, 5.74) is 6.88. The molecule has 0 aliphatic heterocycles. The Morgan fingerprint density at radius 3 is 2.53 bits per heavy atom. The van der Waals surface area contributed by atoms with Crippen molar-refractivity contribution in [1.82, 2.24) is 4.98 Å². The smallest absolute Gasteiger partial charge is 0.277 e. The molecular weight excluding hydrogens is 276 g/mol. The summed E-state index contributed by atoms with van der Waals surface area (Å²) in [4.78, 5) is 15.0. The monoisotopic (exact) mass is 282 g/mol. The Morgan fingerprint density at radius 1 is 1.33 bits per heavy atom. The molecule has 0 fully saturated rings. The van der Waals surface area contributed by atoms with E-state index >= 15 is 0 Å². The molecule has 5 heteroatoms. The number of amides is 1. The van der Waals surface area contributed by atoms with Crippen LogP contribution in [0.25, 0.3) is 11.3 Å². The van der Waals surface area contributed by atoms with Crippen LogP contribution in [0, 0.1) is 0 Å². The molecule has 0 aliphatic rings. The maximum atomic E-state index is 10.9. The van der Waals surface area contributed by atoms with Crippen LogP contribution < -0.4 is 5.73 Å². The third kappa shape index (κ3) is 2.24. The fourth-order valence-electron chi connectivity index (χ4n) is 1.14. The lowest BCUT2D eigenvalue weighted by molar-refractivity contribution is 0.1000. The summed E-state index contributed by atoms with van der Waals surface area (Å²) in [5, 5.41) is 2.16. The average Bonchev–Trinajstić information content (AvgIpc) is 2.68. The number of rotatable bonds is 2. The fourth-order valence-corrected chi connectivity index (χ4v) is 2.08. The molecule has 0 radical (unpaired) electrons. The van der Waals surface area contributed by atoms with Crippen LogP contribution in [0.15, 0.2) is 34.1 Å². The van der Waals surface area contributed by atoms with Crippen molar-refractivity contribution in [2.24, 2.45) is 5.73 Å². The van der Waals surface area contributed by atoms with Gasteiger partial charge in [-0.05, 0) is 12.1 Å². The summed E-state index contributed by atoms with van der Waals surface area (Å²) in [6.07, 6.45) is 0. The highest BCUT2D eigenvalue weighted by atomic mass is 79.9. The van der Waals surface area contributed by atoms with Crippen LogP contribution >= 0.6 is 27.3 Å². The molecule has 1 amide bonds. The maximum absolute atomic E-state index is 10.9. The molecule has 0 aliphatic carbocycles. The van der Waals surface area contributed by atoms with E-state index in [9.17, 15) is 4.79 Å². The van der Waals surface area contributed by atoms with E-state index < -0.39 is 5.91 Å². The summed E-state index contributed by atoms with van der Waals surface area (Å²) in [6, 6.07) is 7.73. The quantitative estimate of drug-likeness (QED) is 0.921. The van der Waals surface area contributed by atoms with E-state index in [4.69, 9.17) is 5.73 Å². The van der Waals surface area contributed by atoms with Gasteiger partial charge >= 0.3 is 0 Å². The Kier molecular flexibility index (Phi) is 2.83. The number of carbonyl (C=O) groups excluding carboxylic acids is 1. The van der Waals surface area contributed by atoms with Crippen molar-refractivity contribution in [1.29, 1.82) is 0 Å². The van der Waals surface area contributed by atoms with E-state index in [0.717, 1.165) is 15.7 Å². The van der Waals surface area contributed by atoms with Crippen molar-refractivity contribution in [3.05, 3.63) is 39.1 Å². The van der Waals surface area contributed by atoms with Gasteiger partial charge in [-0.25, -0.2) is 4.98 Å². The zero-order chi connectivity index (χ0) is 10.8. The van der Waals surface area contributed by atoms with Crippen molar-refractivity contribution in [2.45, 2.75) is 0 Å². The second-order valence-electron chi connectivity index (χ2n) is 2.91. The highest BCUT2D eigenvalue weighted by Gasteiger charge is 2.08. The van der Waals surface area contributed by atoms with Crippen LogP contribution in [-0.2, 0) is 0 Å². The lowest BCUT2D eigenvalue weighted by Crippen LogP contribution is -2.10. The number of carbonyl (C=O) groups is 1. The van der Waals surface area contributed by atoms with Crippen LogP contribution in [0.5, 0.6) is 0 Å². The van der Waals surface area contributed by atoms with Gasteiger partial charge in [0.1, 0.15) is 0 Å². The summed E-state index contributed by atoms with van der Waals surface area (Å²) >= 11 is 4.61. The predicted molar refractivity (Wildman–Crippen MR) is 63.8 cm³/mol. The number of thiazole rings is 1. The highest BCUT2D eigenvalue weighted by molar-refractivity contribution is 9.10. The van der Waals surface area contributed by atoms with Crippen molar-refractivity contribution >= 4 is 33.2 Å². The predicted octanol–water partition coefficient (Wildman–Crippen LogP) is 2.67. The molecule has 1 heterocycles. The van der Waals surface area contributed by atoms with Crippen LogP contribution in [-0.4, -0.2) is 10.9 Å². The molecule has 15 heavy (non-hydrogen) atoms. The number of hydrogen-bond acceptors (Lipinski definition) is 3. The number of aromatic nitrogens is 1. The molecule has 0 bridgehead atoms. The first kappa shape index (κ1) is 10.3. The first-order chi connectivity index (χ1) is 7.16. The van der Waals surface area contributed by atoms with Crippen molar-refractivity contribution in [3.8, 4) is 11.3 Å². The van der Waals surface area contributed by atoms with E-state index in [1.54, 1.807) is 0 Å². The van der Waals surface area contributed by atoms with Gasteiger partial charge in [0, 0.05) is 15.4 Å². The largest absolute Gasteiger partial charge is 0.364 e. The molecule has 2 rings (SSSR count). The van der Waals surface area contributed by atoms with Gasteiger partial charge in [-0.3, -0.25) is 4.79 Å². The second kappa shape index (κ2) is 4.12. The minimum atomic E-state index is -0.483. The van der Waals surface area contributed by atoms with Crippen LogP contribution in [0.1, 0.15) is 9.80 Å². The average molecular weight is 283 g/mol. The molecule has 1 aromatic carbocycles. The Labute approximate surface area is 99.1 Å². The van der Waals surface area contributed by atoms with Gasteiger partial charge in [-0.1, -0.05) is 28.1 Å². The Morgan fingerprint density at radius 2 is 2.00 bits per heavy atom. The molecule has 0 unspecified atom stereocenters. The summed E-state index contributed by atoms with van der Waals surface area (Å²) in [5.74, 6) is -0.483. The molecule has 3 nitrogen and oxygen atoms in total. The Bertz CT molecular complexity index is 492. The lowest BCUT2D eigenvalue weighted by Gasteiger charge is -1.95. The van der Waals surface area contributed by atoms with Crippen molar-refractivity contribution in [3.63, 3.8) is 0 Å². The van der Waals surface area contributed by atoms with E-state index in [1.165, 1.54) is 11.3 Å². The number of benzene rings is 1. The van der Waals surface area contributed by atoms with Gasteiger partial charge in [-0.15, -0.1) is 11.3 Å². The molecule has 0 saturated carbocycles. The zero-order valence-corrected chi connectivity index (χ0v) is 10.0. The van der Waals surface area contributed by atoms with E-state index in [1.807, 2.05) is 29.6 Å². The van der Waals surface area contributed by atoms with Crippen LogP contribution in [0.3, 0.4) is 0 Å². The van der Waals surface area contributed by atoms with Gasteiger partial charge < -0.3 is 5.73 Å². The number of primary amides is 1. The molecule has 0 saturated heterocycles.